The van der Waals surface area contributed by atoms with E-state index >= 15 is 0 Å². The highest BCUT2D eigenvalue weighted by Gasteiger charge is 2.15. The van der Waals surface area contributed by atoms with Gasteiger partial charge in [-0.15, -0.1) is 0 Å². The van der Waals surface area contributed by atoms with Crippen LogP contribution in [0.1, 0.15) is 38.3 Å². The van der Waals surface area contributed by atoms with Gasteiger partial charge in [-0.05, 0) is 32.4 Å². The predicted octanol–water partition coefficient (Wildman–Crippen LogP) is 3.90. The van der Waals surface area contributed by atoms with Crippen molar-refractivity contribution in [3.05, 3.63) is 54.2 Å². The summed E-state index contributed by atoms with van der Waals surface area (Å²) in [6.45, 7) is 6.84. The number of anilines is 1. The van der Waals surface area contributed by atoms with E-state index in [1.807, 2.05) is 61.9 Å². The Morgan fingerprint density at radius 2 is 2.08 bits per heavy atom. The summed E-state index contributed by atoms with van der Waals surface area (Å²) >= 11 is 0. The first-order chi connectivity index (χ1) is 12.1. The van der Waals surface area contributed by atoms with Crippen LogP contribution in [0.5, 0.6) is 0 Å². The van der Waals surface area contributed by atoms with E-state index in [-0.39, 0.29) is 12.1 Å². The van der Waals surface area contributed by atoms with Crippen molar-refractivity contribution in [2.75, 3.05) is 5.32 Å². The molecule has 2 amide bonds. The van der Waals surface area contributed by atoms with Gasteiger partial charge in [0.1, 0.15) is 5.82 Å². The summed E-state index contributed by atoms with van der Waals surface area (Å²) in [5, 5.41) is 6.85. The lowest BCUT2D eigenvalue weighted by Crippen LogP contribution is -2.32. The van der Waals surface area contributed by atoms with Gasteiger partial charge < -0.3 is 15.2 Å². The molecule has 0 saturated heterocycles. The second-order valence-corrected chi connectivity index (χ2v) is 5.92. The largest absolute Gasteiger partial charge is 0.333 e. The van der Waals surface area contributed by atoms with E-state index in [9.17, 15) is 4.79 Å². The zero-order chi connectivity index (χ0) is 17.8. The van der Waals surface area contributed by atoms with E-state index in [2.05, 4.69) is 20.6 Å². The summed E-state index contributed by atoms with van der Waals surface area (Å²) < 4.78 is 2.02. The monoisotopic (exact) mass is 337 g/mol. The molecule has 0 fully saturated rings. The van der Waals surface area contributed by atoms with Crippen LogP contribution in [-0.4, -0.2) is 20.6 Å². The number of hydrogen-bond acceptors (Lipinski definition) is 3. The molecule has 3 rings (SSSR count). The number of pyridine rings is 1. The average Bonchev–Trinajstić information content (AvgIpc) is 3.10. The Bertz CT molecular complexity index is 886. The number of nitrogens with one attached hydrogen (secondary N) is 2. The Morgan fingerprint density at radius 3 is 2.84 bits per heavy atom. The molecule has 0 aliphatic rings. The van der Waals surface area contributed by atoms with E-state index < -0.39 is 0 Å². The van der Waals surface area contributed by atoms with Gasteiger partial charge in [0.15, 0.2) is 0 Å². The summed E-state index contributed by atoms with van der Waals surface area (Å²) in [6.07, 6.45) is 4.47. The van der Waals surface area contributed by atoms with Crippen molar-refractivity contribution in [3.8, 4) is 0 Å². The molecule has 130 valence electrons. The molecule has 0 aliphatic carbocycles. The fourth-order valence-electron chi connectivity index (χ4n) is 2.90. The molecule has 1 aromatic carbocycles. The molecule has 3 aromatic rings. The molecule has 6 nitrogen and oxygen atoms in total. The maximum absolute atomic E-state index is 12.5. The number of imidazole rings is 1. The van der Waals surface area contributed by atoms with Crippen LogP contribution in [-0.2, 0) is 13.0 Å². The Labute approximate surface area is 147 Å². The highest BCUT2D eigenvalue weighted by molar-refractivity contribution is 6.00. The summed E-state index contributed by atoms with van der Waals surface area (Å²) in [4.78, 5) is 21.4. The maximum atomic E-state index is 12.5. The van der Waals surface area contributed by atoms with Crippen molar-refractivity contribution >= 4 is 22.6 Å². The lowest BCUT2D eigenvalue weighted by Gasteiger charge is -2.16. The fraction of sp³-hybridized carbons (Fsp3) is 0.316. The number of carbonyl (C=O) groups excluding carboxylic acids is 1. The molecule has 2 N–H and O–H groups in total. The van der Waals surface area contributed by atoms with Gasteiger partial charge in [-0.1, -0.05) is 25.1 Å². The number of aryl methyl sites for hydroxylation is 2. The zero-order valence-electron chi connectivity index (χ0n) is 14.8. The van der Waals surface area contributed by atoms with Gasteiger partial charge in [0, 0.05) is 30.0 Å². The SMILES string of the molecule is CCc1cc(NC(=O)NC(C)c2nccn2CC)c2ccccc2n1. The highest BCUT2D eigenvalue weighted by atomic mass is 16.2. The normalized spacial score (nSPS) is 12.1. The number of rotatable bonds is 5. The first-order valence-electron chi connectivity index (χ1n) is 8.59. The van der Waals surface area contributed by atoms with Gasteiger partial charge in [0.25, 0.3) is 0 Å². The van der Waals surface area contributed by atoms with Crippen molar-refractivity contribution in [1.82, 2.24) is 19.9 Å². The van der Waals surface area contributed by atoms with Crippen molar-refractivity contribution in [2.45, 2.75) is 39.8 Å². The third-order valence-corrected chi connectivity index (χ3v) is 4.20. The van der Waals surface area contributed by atoms with Gasteiger partial charge in [-0.3, -0.25) is 4.98 Å². The van der Waals surface area contributed by atoms with Crippen molar-refractivity contribution in [3.63, 3.8) is 0 Å². The van der Waals surface area contributed by atoms with Crippen LogP contribution in [0.15, 0.2) is 42.7 Å². The topological polar surface area (TPSA) is 71.8 Å². The smallest absolute Gasteiger partial charge is 0.319 e. The number of para-hydroxylation sites is 1. The van der Waals surface area contributed by atoms with Crippen molar-refractivity contribution in [2.24, 2.45) is 0 Å². The maximum Gasteiger partial charge on any atom is 0.319 e. The van der Waals surface area contributed by atoms with E-state index in [0.717, 1.165) is 41.1 Å². The van der Waals surface area contributed by atoms with Gasteiger partial charge in [0.05, 0.1) is 17.2 Å². The molecule has 0 spiro atoms. The Kier molecular flexibility index (Phi) is 4.97. The van der Waals surface area contributed by atoms with Crippen LogP contribution in [0.2, 0.25) is 0 Å². The molecule has 2 aromatic heterocycles. The number of nitrogens with zero attached hydrogens (tertiary/aromatic N) is 3. The Morgan fingerprint density at radius 1 is 1.28 bits per heavy atom. The first kappa shape index (κ1) is 17.0. The fourth-order valence-corrected chi connectivity index (χ4v) is 2.90. The van der Waals surface area contributed by atoms with Crippen LogP contribution in [0.3, 0.4) is 0 Å². The molecule has 6 heteroatoms. The van der Waals surface area contributed by atoms with Gasteiger partial charge in [-0.2, -0.15) is 0 Å². The lowest BCUT2D eigenvalue weighted by molar-refractivity contribution is 0.248. The summed E-state index contributed by atoms with van der Waals surface area (Å²) in [5.41, 5.74) is 2.60. The molecule has 0 radical (unpaired) electrons. The third kappa shape index (κ3) is 3.63. The quantitative estimate of drug-likeness (QED) is 0.742. The van der Waals surface area contributed by atoms with E-state index in [1.54, 1.807) is 6.20 Å². The Balaban J connectivity index is 1.80. The van der Waals surface area contributed by atoms with Gasteiger partial charge >= 0.3 is 6.03 Å². The molecule has 1 unspecified atom stereocenters. The van der Waals surface area contributed by atoms with Crippen molar-refractivity contribution in [1.29, 1.82) is 0 Å². The van der Waals surface area contributed by atoms with E-state index in [1.165, 1.54) is 0 Å². The van der Waals surface area contributed by atoms with Gasteiger partial charge in [0.2, 0.25) is 0 Å². The Hall–Kier alpha value is -2.89. The van der Waals surface area contributed by atoms with Crippen LogP contribution in [0.4, 0.5) is 10.5 Å². The minimum Gasteiger partial charge on any atom is -0.333 e. The number of aromatic nitrogens is 3. The van der Waals surface area contributed by atoms with Crippen LogP contribution < -0.4 is 10.6 Å². The van der Waals surface area contributed by atoms with Crippen LogP contribution >= 0.6 is 0 Å². The summed E-state index contributed by atoms with van der Waals surface area (Å²) in [6, 6.07) is 9.30. The first-order valence-corrected chi connectivity index (χ1v) is 8.59. The molecule has 0 aliphatic heterocycles. The summed E-state index contributed by atoms with van der Waals surface area (Å²) in [7, 11) is 0. The van der Waals surface area contributed by atoms with Crippen LogP contribution in [0, 0.1) is 0 Å². The molecule has 2 heterocycles. The van der Waals surface area contributed by atoms with Crippen molar-refractivity contribution < 1.29 is 4.79 Å². The van der Waals surface area contributed by atoms with E-state index in [0.29, 0.717) is 0 Å². The predicted molar refractivity (Wildman–Crippen MR) is 99.6 cm³/mol. The molecular weight excluding hydrogens is 314 g/mol. The second kappa shape index (κ2) is 7.34. The summed E-state index contributed by atoms with van der Waals surface area (Å²) in [5.74, 6) is 0.839. The number of fused-ring (bicyclic) bond motifs is 1. The molecule has 0 saturated carbocycles. The van der Waals surface area contributed by atoms with Gasteiger partial charge in [-0.25, -0.2) is 9.78 Å². The number of benzene rings is 1. The lowest BCUT2D eigenvalue weighted by atomic mass is 10.1. The van der Waals surface area contributed by atoms with E-state index in [4.69, 9.17) is 0 Å². The number of hydrogen-bond donors (Lipinski definition) is 2. The average molecular weight is 337 g/mol. The minimum absolute atomic E-state index is 0.186. The van der Waals surface area contributed by atoms with Crippen LogP contribution in [0.25, 0.3) is 10.9 Å². The molecular formula is C19H23N5O. The second-order valence-electron chi connectivity index (χ2n) is 5.92. The molecule has 1 atom stereocenters. The standard InChI is InChI=1S/C19H23N5O/c1-4-14-12-17(15-8-6-7-9-16(15)22-14)23-19(25)21-13(3)18-20-10-11-24(18)5-2/h6-13H,4-5H2,1-3H3,(H2,21,22,23,25). The minimum atomic E-state index is -0.253. The molecule has 0 bridgehead atoms. The number of amides is 2. The zero-order valence-corrected chi connectivity index (χ0v) is 14.8. The third-order valence-electron chi connectivity index (χ3n) is 4.20. The number of urea groups is 1. The highest BCUT2D eigenvalue weighted by Crippen LogP contribution is 2.23. The number of carbonyl (C=O) groups is 1. The molecule has 25 heavy (non-hydrogen) atoms.